The van der Waals surface area contributed by atoms with Gasteiger partial charge in [-0.3, -0.25) is 0 Å². The highest BCUT2D eigenvalue weighted by Gasteiger charge is 2.06. The van der Waals surface area contributed by atoms with Gasteiger partial charge in [-0.15, -0.1) is 0 Å². The second-order valence-electron chi connectivity index (χ2n) is 2.97. The lowest BCUT2D eigenvalue weighted by molar-refractivity contribution is 0.624. The summed E-state index contributed by atoms with van der Waals surface area (Å²) >= 11 is 0. The molecule has 0 fully saturated rings. The molecule has 0 heterocycles. The van der Waals surface area contributed by atoms with E-state index in [2.05, 4.69) is 4.85 Å². The van der Waals surface area contributed by atoms with E-state index in [1.807, 2.05) is 13.8 Å². The Morgan fingerprint density at radius 2 is 2.08 bits per heavy atom. The number of halogens is 1. The van der Waals surface area contributed by atoms with Gasteiger partial charge in [-0.25, -0.2) is 9.24 Å². The summed E-state index contributed by atoms with van der Waals surface area (Å²) in [6, 6.07) is 4.27. The van der Waals surface area contributed by atoms with Gasteiger partial charge in [0.15, 0.2) is 5.69 Å². The van der Waals surface area contributed by atoms with Crippen molar-refractivity contribution in [2.24, 2.45) is 0 Å². The predicted molar refractivity (Wildman–Crippen MR) is 46.8 cm³/mol. The highest BCUT2D eigenvalue weighted by molar-refractivity contribution is 5.53. The number of hydrogen-bond donors (Lipinski definition) is 0. The molecule has 1 aromatic carbocycles. The van der Waals surface area contributed by atoms with Gasteiger partial charge in [0, 0.05) is 0 Å². The Bertz CT molecular complexity index is 323. The third-order valence-corrected chi connectivity index (χ3v) is 1.73. The smallest absolute Gasteiger partial charge is 0.190 e. The molecule has 0 aromatic heterocycles. The van der Waals surface area contributed by atoms with Crippen molar-refractivity contribution in [3.05, 3.63) is 41.0 Å². The summed E-state index contributed by atoms with van der Waals surface area (Å²) < 4.78 is 12.7. The molecule has 0 saturated heterocycles. The van der Waals surface area contributed by atoms with Gasteiger partial charge >= 0.3 is 0 Å². The molecule has 0 aliphatic carbocycles. The molecule has 0 unspecified atom stereocenters. The highest BCUT2D eigenvalue weighted by Crippen LogP contribution is 2.27. The molecule has 12 heavy (non-hydrogen) atoms. The lowest BCUT2D eigenvalue weighted by Crippen LogP contribution is -1.88. The van der Waals surface area contributed by atoms with E-state index in [0.29, 0.717) is 5.69 Å². The summed E-state index contributed by atoms with van der Waals surface area (Å²) in [5.41, 5.74) is 1.33. The van der Waals surface area contributed by atoms with Crippen LogP contribution in [0.4, 0.5) is 10.1 Å². The highest BCUT2D eigenvalue weighted by atomic mass is 19.1. The first kappa shape index (κ1) is 8.73. The third kappa shape index (κ3) is 1.62. The standard InChI is InChI=1S/C10H10FN/c1-7(2)9-6-8(11)4-5-10(9)12-3/h4-7H,1-2H3. The van der Waals surface area contributed by atoms with Crippen LogP contribution in [0.3, 0.4) is 0 Å². The Balaban J connectivity index is 3.24. The molecule has 0 spiro atoms. The molecule has 62 valence electrons. The van der Waals surface area contributed by atoms with Crippen molar-refractivity contribution >= 4 is 5.69 Å². The van der Waals surface area contributed by atoms with Gasteiger partial charge in [-0.05, 0) is 23.6 Å². The first-order chi connectivity index (χ1) is 5.65. The Kier molecular flexibility index (Phi) is 2.44. The van der Waals surface area contributed by atoms with Crippen LogP contribution < -0.4 is 0 Å². The maximum atomic E-state index is 12.7. The fraction of sp³-hybridized carbons (Fsp3) is 0.300. The maximum Gasteiger partial charge on any atom is 0.190 e. The van der Waals surface area contributed by atoms with Crippen LogP contribution in [0.1, 0.15) is 25.3 Å². The molecule has 0 radical (unpaired) electrons. The van der Waals surface area contributed by atoms with Gasteiger partial charge in [-0.1, -0.05) is 19.9 Å². The molecule has 1 aromatic rings. The molecule has 2 heteroatoms. The minimum atomic E-state index is -0.272. The molecular weight excluding hydrogens is 153 g/mol. The van der Waals surface area contributed by atoms with E-state index in [9.17, 15) is 4.39 Å². The lowest BCUT2D eigenvalue weighted by atomic mass is 10.0. The van der Waals surface area contributed by atoms with Crippen LogP contribution in [0, 0.1) is 12.4 Å². The molecule has 1 rings (SSSR count). The minimum absolute atomic E-state index is 0.199. The summed E-state index contributed by atoms with van der Waals surface area (Å²) in [5.74, 6) is -0.0732. The predicted octanol–water partition coefficient (Wildman–Crippen LogP) is 3.50. The number of benzene rings is 1. The third-order valence-electron chi connectivity index (χ3n) is 1.73. The Labute approximate surface area is 71.7 Å². The van der Waals surface area contributed by atoms with Gasteiger partial charge in [0.1, 0.15) is 5.82 Å². The van der Waals surface area contributed by atoms with Gasteiger partial charge in [0.05, 0.1) is 6.57 Å². The zero-order chi connectivity index (χ0) is 9.14. The van der Waals surface area contributed by atoms with Gasteiger partial charge in [0.2, 0.25) is 0 Å². The van der Waals surface area contributed by atoms with E-state index in [0.717, 1.165) is 5.56 Å². The maximum absolute atomic E-state index is 12.7. The molecule has 0 amide bonds. The largest absolute Gasteiger partial charge is 0.238 e. The Morgan fingerprint density at radius 1 is 1.42 bits per heavy atom. The minimum Gasteiger partial charge on any atom is -0.238 e. The second kappa shape index (κ2) is 3.36. The van der Waals surface area contributed by atoms with Crippen molar-refractivity contribution < 1.29 is 4.39 Å². The van der Waals surface area contributed by atoms with Gasteiger partial charge in [-0.2, -0.15) is 0 Å². The molecule has 0 N–H and O–H groups in total. The lowest BCUT2D eigenvalue weighted by Gasteiger charge is -2.06. The van der Waals surface area contributed by atoms with Crippen LogP contribution in [0.2, 0.25) is 0 Å². The summed E-state index contributed by atoms with van der Waals surface area (Å²) in [4.78, 5) is 3.32. The van der Waals surface area contributed by atoms with Crippen LogP contribution in [-0.4, -0.2) is 0 Å². The van der Waals surface area contributed by atoms with E-state index >= 15 is 0 Å². The van der Waals surface area contributed by atoms with Crippen LogP contribution >= 0.6 is 0 Å². The fourth-order valence-corrected chi connectivity index (χ4v) is 1.09. The van der Waals surface area contributed by atoms with Gasteiger partial charge < -0.3 is 0 Å². The second-order valence-corrected chi connectivity index (χ2v) is 2.97. The van der Waals surface area contributed by atoms with Crippen molar-refractivity contribution in [2.75, 3.05) is 0 Å². The summed E-state index contributed by atoms with van der Waals surface area (Å²) in [6.07, 6.45) is 0. The Hall–Kier alpha value is -1.36. The van der Waals surface area contributed by atoms with E-state index in [4.69, 9.17) is 6.57 Å². The van der Waals surface area contributed by atoms with Crippen molar-refractivity contribution in [2.45, 2.75) is 19.8 Å². The van der Waals surface area contributed by atoms with Crippen LogP contribution in [0.5, 0.6) is 0 Å². The average Bonchev–Trinajstić information content (AvgIpc) is 2.04. The topological polar surface area (TPSA) is 4.36 Å². The van der Waals surface area contributed by atoms with Crippen molar-refractivity contribution in [3.8, 4) is 0 Å². The molecule has 1 nitrogen and oxygen atoms in total. The van der Waals surface area contributed by atoms with E-state index < -0.39 is 0 Å². The quantitative estimate of drug-likeness (QED) is 0.558. The first-order valence-corrected chi connectivity index (χ1v) is 3.82. The number of hydrogen-bond acceptors (Lipinski definition) is 0. The molecule has 0 atom stereocenters. The fourth-order valence-electron chi connectivity index (χ4n) is 1.09. The van der Waals surface area contributed by atoms with E-state index in [1.165, 1.54) is 18.2 Å². The summed E-state index contributed by atoms with van der Waals surface area (Å²) in [7, 11) is 0. The SMILES string of the molecule is [C-]#[N+]c1ccc(F)cc1C(C)C. The zero-order valence-corrected chi connectivity index (χ0v) is 7.13. The average molecular weight is 163 g/mol. The van der Waals surface area contributed by atoms with Crippen molar-refractivity contribution in [1.29, 1.82) is 0 Å². The monoisotopic (exact) mass is 163 g/mol. The van der Waals surface area contributed by atoms with E-state index in [1.54, 1.807) is 0 Å². The van der Waals surface area contributed by atoms with Gasteiger partial charge in [0.25, 0.3) is 0 Å². The summed E-state index contributed by atoms with van der Waals surface area (Å²) in [6.45, 7) is 10.7. The Morgan fingerprint density at radius 3 is 2.58 bits per heavy atom. The summed E-state index contributed by atoms with van der Waals surface area (Å²) in [5, 5.41) is 0. The van der Waals surface area contributed by atoms with Crippen LogP contribution in [0.15, 0.2) is 18.2 Å². The first-order valence-electron chi connectivity index (χ1n) is 3.82. The number of rotatable bonds is 1. The molecule has 0 saturated carbocycles. The molecular formula is C10H10FN. The molecule has 0 bridgehead atoms. The van der Waals surface area contributed by atoms with Crippen LogP contribution in [-0.2, 0) is 0 Å². The number of nitrogens with zero attached hydrogens (tertiary/aromatic N) is 1. The molecule has 0 aliphatic heterocycles. The van der Waals surface area contributed by atoms with E-state index in [-0.39, 0.29) is 11.7 Å². The van der Waals surface area contributed by atoms with Crippen molar-refractivity contribution in [3.63, 3.8) is 0 Å². The van der Waals surface area contributed by atoms with Crippen molar-refractivity contribution in [1.82, 2.24) is 0 Å². The molecule has 0 aliphatic rings. The zero-order valence-electron chi connectivity index (χ0n) is 7.13. The van der Waals surface area contributed by atoms with Crippen LogP contribution in [0.25, 0.3) is 4.85 Å². The normalized spacial score (nSPS) is 9.92.